The van der Waals surface area contributed by atoms with Crippen molar-refractivity contribution in [2.45, 2.75) is 38.5 Å². The van der Waals surface area contributed by atoms with E-state index in [-0.39, 0.29) is 0 Å². The summed E-state index contributed by atoms with van der Waals surface area (Å²) >= 11 is 0. The Kier molecular flexibility index (Phi) is 8.75. The van der Waals surface area contributed by atoms with Crippen molar-refractivity contribution < 1.29 is 24.2 Å². The van der Waals surface area contributed by atoms with E-state index in [1.807, 2.05) is 30.3 Å². The normalized spacial score (nSPS) is 12.4. The maximum absolute atomic E-state index is 13.7. The van der Waals surface area contributed by atoms with E-state index in [1.165, 1.54) is 0 Å². The summed E-state index contributed by atoms with van der Waals surface area (Å²) in [4.78, 5) is 40.3. The molecule has 0 aliphatic rings. The Labute approximate surface area is 222 Å². The van der Waals surface area contributed by atoms with Gasteiger partial charge in [-0.05, 0) is 49.7 Å². The van der Waals surface area contributed by atoms with E-state index in [9.17, 15) is 19.5 Å². The van der Waals surface area contributed by atoms with Gasteiger partial charge in [0.2, 0.25) is 0 Å². The number of terminal acetylenes is 2. The molecule has 0 aliphatic carbocycles. The molecular formula is C30H29N3O5. The van der Waals surface area contributed by atoms with Gasteiger partial charge in [-0.1, -0.05) is 60.9 Å². The minimum Gasteiger partial charge on any atom is -0.444 e. The van der Waals surface area contributed by atoms with Crippen molar-refractivity contribution in [3.8, 4) is 24.8 Å². The van der Waals surface area contributed by atoms with E-state index in [1.54, 1.807) is 57.2 Å². The predicted octanol–water partition coefficient (Wildman–Crippen LogP) is 3.81. The number of benzene rings is 3. The zero-order valence-electron chi connectivity index (χ0n) is 21.4. The second-order valence-corrected chi connectivity index (χ2v) is 9.40. The molecule has 38 heavy (non-hydrogen) atoms. The second-order valence-electron chi connectivity index (χ2n) is 9.40. The molecule has 0 fully saturated rings. The number of carbonyl (C=O) groups is 3. The fourth-order valence-corrected chi connectivity index (χ4v) is 3.81. The van der Waals surface area contributed by atoms with E-state index in [0.717, 1.165) is 15.7 Å². The summed E-state index contributed by atoms with van der Waals surface area (Å²) in [6, 6.07) is 19.0. The maximum atomic E-state index is 13.7. The Morgan fingerprint density at radius 3 is 2.29 bits per heavy atom. The van der Waals surface area contributed by atoms with Crippen LogP contribution < -0.4 is 10.6 Å². The summed E-state index contributed by atoms with van der Waals surface area (Å²) in [5, 5.41) is 16.9. The SMILES string of the molecule is C#Cc1ccccc1C(C(=O)Nc1ccc2ccccc2c1)N(C#C)C(=O)C(CO)NC(=O)OC(C)(C)C. The summed E-state index contributed by atoms with van der Waals surface area (Å²) < 4.78 is 5.19. The number of hydrogen-bond donors (Lipinski definition) is 3. The van der Waals surface area contributed by atoms with Crippen molar-refractivity contribution in [2.24, 2.45) is 0 Å². The number of aliphatic hydroxyl groups is 1. The number of rotatable bonds is 7. The number of anilines is 1. The molecule has 3 rings (SSSR count). The summed E-state index contributed by atoms with van der Waals surface area (Å²) in [5.41, 5.74) is 0.285. The number of aliphatic hydroxyl groups excluding tert-OH is 1. The molecule has 3 aromatic carbocycles. The molecule has 2 unspecified atom stereocenters. The second kappa shape index (κ2) is 12.0. The highest BCUT2D eigenvalue weighted by molar-refractivity contribution is 6.01. The molecule has 8 heteroatoms. The van der Waals surface area contributed by atoms with Gasteiger partial charge < -0.3 is 20.5 Å². The molecule has 0 aromatic heterocycles. The highest BCUT2D eigenvalue weighted by Crippen LogP contribution is 2.27. The van der Waals surface area contributed by atoms with Crippen LogP contribution in [0.1, 0.15) is 37.9 Å². The number of hydrogen-bond acceptors (Lipinski definition) is 5. The van der Waals surface area contributed by atoms with Crippen LogP contribution in [0.25, 0.3) is 10.8 Å². The average molecular weight is 512 g/mol. The molecular weight excluding hydrogens is 482 g/mol. The van der Waals surface area contributed by atoms with Crippen LogP contribution in [0, 0.1) is 24.8 Å². The molecule has 0 radical (unpaired) electrons. The van der Waals surface area contributed by atoms with Gasteiger partial charge in [-0.3, -0.25) is 14.5 Å². The number of amides is 3. The van der Waals surface area contributed by atoms with Gasteiger partial charge in [0.1, 0.15) is 11.6 Å². The lowest BCUT2D eigenvalue weighted by molar-refractivity contribution is -0.137. The van der Waals surface area contributed by atoms with Gasteiger partial charge in [0.25, 0.3) is 11.8 Å². The van der Waals surface area contributed by atoms with E-state index < -0.39 is 42.2 Å². The van der Waals surface area contributed by atoms with Crippen LogP contribution in [0.3, 0.4) is 0 Å². The van der Waals surface area contributed by atoms with Gasteiger partial charge in [-0.15, -0.1) is 6.42 Å². The quantitative estimate of drug-likeness (QED) is 0.330. The number of alkyl carbamates (subject to hydrolysis) is 1. The number of nitrogens with one attached hydrogen (secondary N) is 2. The Hall–Kier alpha value is -4.79. The van der Waals surface area contributed by atoms with Crippen LogP contribution in [-0.2, 0) is 14.3 Å². The van der Waals surface area contributed by atoms with Gasteiger partial charge in [-0.25, -0.2) is 4.79 Å². The smallest absolute Gasteiger partial charge is 0.408 e. The molecule has 0 heterocycles. The Morgan fingerprint density at radius 1 is 1.00 bits per heavy atom. The zero-order valence-corrected chi connectivity index (χ0v) is 21.4. The first-order valence-corrected chi connectivity index (χ1v) is 11.8. The minimum atomic E-state index is -1.48. The van der Waals surface area contributed by atoms with Crippen LogP contribution in [0.5, 0.6) is 0 Å². The van der Waals surface area contributed by atoms with Gasteiger partial charge in [0.05, 0.1) is 6.61 Å². The van der Waals surface area contributed by atoms with E-state index in [2.05, 4.69) is 22.6 Å². The van der Waals surface area contributed by atoms with Crippen molar-refractivity contribution in [3.63, 3.8) is 0 Å². The first-order chi connectivity index (χ1) is 18.1. The lowest BCUT2D eigenvalue weighted by Gasteiger charge is -2.30. The molecule has 194 valence electrons. The van der Waals surface area contributed by atoms with Gasteiger partial charge in [0, 0.05) is 22.9 Å². The Balaban J connectivity index is 1.99. The van der Waals surface area contributed by atoms with Crippen molar-refractivity contribution in [1.82, 2.24) is 10.2 Å². The van der Waals surface area contributed by atoms with E-state index in [0.29, 0.717) is 16.8 Å². The molecule has 3 aromatic rings. The monoisotopic (exact) mass is 511 g/mol. The first kappa shape index (κ1) is 27.8. The summed E-state index contributed by atoms with van der Waals surface area (Å²) in [7, 11) is 0. The predicted molar refractivity (Wildman–Crippen MR) is 146 cm³/mol. The van der Waals surface area contributed by atoms with Crippen LogP contribution in [-0.4, -0.2) is 46.2 Å². The van der Waals surface area contributed by atoms with E-state index in [4.69, 9.17) is 17.6 Å². The fraction of sp³-hybridized carbons (Fsp3) is 0.233. The first-order valence-electron chi connectivity index (χ1n) is 11.8. The highest BCUT2D eigenvalue weighted by atomic mass is 16.6. The zero-order chi connectivity index (χ0) is 27.9. The number of carbonyl (C=O) groups excluding carboxylic acids is 3. The minimum absolute atomic E-state index is 0.300. The average Bonchev–Trinajstić information content (AvgIpc) is 2.88. The van der Waals surface area contributed by atoms with Crippen molar-refractivity contribution in [1.29, 1.82) is 0 Å². The van der Waals surface area contributed by atoms with Gasteiger partial charge in [-0.2, -0.15) is 0 Å². The van der Waals surface area contributed by atoms with Crippen LogP contribution in [0.15, 0.2) is 66.7 Å². The third kappa shape index (κ3) is 6.70. The van der Waals surface area contributed by atoms with Crippen LogP contribution in [0.2, 0.25) is 0 Å². The number of fused-ring (bicyclic) bond motifs is 1. The molecule has 0 saturated heterocycles. The lowest BCUT2D eigenvalue weighted by atomic mass is 9.98. The highest BCUT2D eigenvalue weighted by Gasteiger charge is 2.36. The largest absolute Gasteiger partial charge is 0.444 e. The number of nitrogens with zero attached hydrogens (tertiary/aromatic N) is 1. The molecule has 0 aliphatic heterocycles. The lowest BCUT2D eigenvalue weighted by Crippen LogP contribution is -2.52. The van der Waals surface area contributed by atoms with Crippen molar-refractivity contribution in [3.05, 3.63) is 77.9 Å². The topological polar surface area (TPSA) is 108 Å². The molecule has 3 N–H and O–H groups in total. The molecule has 8 nitrogen and oxygen atoms in total. The third-order valence-electron chi connectivity index (χ3n) is 5.48. The molecule has 0 spiro atoms. The van der Waals surface area contributed by atoms with Crippen molar-refractivity contribution >= 4 is 34.4 Å². The third-order valence-corrected chi connectivity index (χ3v) is 5.48. The van der Waals surface area contributed by atoms with Crippen LogP contribution in [0.4, 0.5) is 10.5 Å². The molecule has 0 bridgehead atoms. The van der Waals surface area contributed by atoms with Gasteiger partial charge >= 0.3 is 6.09 Å². The standard InChI is InChI=1S/C30H29N3O5/c1-6-20-12-10-11-15-24(20)26(27(35)31-23-17-16-21-13-8-9-14-22(21)18-23)33(7-2)28(36)25(19-34)32-29(37)38-30(3,4)5/h1-2,8-18,25-26,34H,19H2,3-5H3,(H,31,35)(H,32,37). The Morgan fingerprint density at radius 2 is 1.66 bits per heavy atom. The maximum Gasteiger partial charge on any atom is 0.408 e. The summed E-state index contributed by atoms with van der Waals surface area (Å²) in [6.07, 6.45) is 10.5. The Bertz CT molecular complexity index is 1430. The molecule has 3 amide bonds. The van der Waals surface area contributed by atoms with E-state index >= 15 is 0 Å². The van der Waals surface area contributed by atoms with Crippen LogP contribution >= 0.6 is 0 Å². The van der Waals surface area contributed by atoms with Gasteiger partial charge in [0.15, 0.2) is 6.04 Å². The molecule has 2 atom stereocenters. The fourth-order valence-electron chi connectivity index (χ4n) is 3.81. The summed E-state index contributed by atoms with van der Waals surface area (Å²) in [5.74, 6) is 0.980. The summed E-state index contributed by atoms with van der Waals surface area (Å²) in [6.45, 7) is 4.17. The van der Waals surface area contributed by atoms with Crippen molar-refractivity contribution in [2.75, 3.05) is 11.9 Å². The molecule has 0 saturated carbocycles. The number of ether oxygens (including phenoxy) is 1.